The molecule has 0 aliphatic rings. The number of nitrogens with one attached hydrogen (secondary N) is 1. The van der Waals surface area contributed by atoms with Crippen molar-refractivity contribution < 1.29 is 9.34 Å². The highest BCUT2D eigenvalue weighted by Gasteiger charge is 2.19. The Kier molecular flexibility index (Phi) is 4.85. The highest BCUT2D eigenvalue weighted by atomic mass is 32.2. The summed E-state index contributed by atoms with van der Waals surface area (Å²) in [5.74, 6) is 1.41. The highest BCUT2D eigenvalue weighted by Crippen LogP contribution is 2.34. The van der Waals surface area contributed by atoms with Crippen LogP contribution in [0.25, 0.3) is 22.8 Å². The lowest BCUT2D eigenvalue weighted by Crippen LogP contribution is -1.89. The quantitative estimate of drug-likeness (QED) is 0.292. The number of thioether (sulfide) groups is 1. The van der Waals surface area contributed by atoms with Gasteiger partial charge in [-0.2, -0.15) is 0 Å². The van der Waals surface area contributed by atoms with Crippen molar-refractivity contribution in [3.63, 3.8) is 0 Å². The third kappa shape index (κ3) is 3.76. The van der Waals surface area contributed by atoms with Crippen LogP contribution in [0.3, 0.4) is 0 Å². The van der Waals surface area contributed by atoms with Crippen LogP contribution in [0.4, 0.5) is 5.69 Å². The summed E-state index contributed by atoms with van der Waals surface area (Å²) in [6.45, 7) is 1.91. The molecule has 2 aromatic carbocycles. The Bertz CT molecular complexity index is 1090. The second kappa shape index (κ2) is 7.61. The molecule has 0 unspecified atom stereocenters. The Morgan fingerprint density at radius 2 is 1.82 bits per heavy atom. The van der Waals surface area contributed by atoms with Gasteiger partial charge < -0.3 is 4.42 Å². The van der Waals surface area contributed by atoms with Gasteiger partial charge in [0.2, 0.25) is 16.9 Å². The molecular formula is C18H14N6O3S. The Balaban J connectivity index is 1.47. The van der Waals surface area contributed by atoms with E-state index < -0.39 is 4.92 Å². The van der Waals surface area contributed by atoms with Crippen molar-refractivity contribution in [2.24, 2.45) is 0 Å². The molecule has 0 saturated carbocycles. The minimum Gasteiger partial charge on any atom is -0.419 e. The molecule has 4 aromatic rings. The van der Waals surface area contributed by atoms with Gasteiger partial charge in [0.25, 0.3) is 5.69 Å². The van der Waals surface area contributed by atoms with E-state index in [9.17, 15) is 10.1 Å². The lowest BCUT2D eigenvalue weighted by Gasteiger charge is -2.02. The van der Waals surface area contributed by atoms with Gasteiger partial charge in [-0.05, 0) is 19.1 Å². The van der Waals surface area contributed by atoms with Gasteiger partial charge >= 0.3 is 0 Å². The molecule has 140 valence electrons. The number of rotatable bonds is 6. The molecule has 0 amide bonds. The minimum absolute atomic E-state index is 0.00578. The first-order chi connectivity index (χ1) is 13.6. The molecule has 0 fully saturated rings. The molecular weight excluding hydrogens is 380 g/mol. The largest absolute Gasteiger partial charge is 0.419 e. The molecule has 1 atom stereocenters. The molecule has 10 heteroatoms. The zero-order chi connectivity index (χ0) is 19.5. The van der Waals surface area contributed by atoms with Gasteiger partial charge in [-0.15, -0.1) is 15.3 Å². The molecule has 9 nitrogen and oxygen atoms in total. The average molecular weight is 394 g/mol. The van der Waals surface area contributed by atoms with E-state index in [1.165, 1.54) is 23.9 Å². The third-order valence-corrected chi connectivity index (χ3v) is 4.86. The SMILES string of the molecule is C[C@@H](Sc1n[nH]c(-c2ccccc2)n1)c1nnc(-c2ccc([N+](=O)[O-])cc2)o1. The first kappa shape index (κ1) is 17.9. The van der Waals surface area contributed by atoms with E-state index in [-0.39, 0.29) is 10.9 Å². The summed E-state index contributed by atoms with van der Waals surface area (Å²) in [6.07, 6.45) is 0. The van der Waals surface area contributed by atoms with Crippen molar-refractivity contribution in [1.29, 1.82) is 0 Å². The van der Waals surface area contributed by atoms with Gasteiger partial charge in [-0.25, -0.2) is 4.98 Å². The fraction of sp³-hybridized carbons (Fsp3) is 0.111. The standard InChI is InChI=1S/C18H14N6O3S/c1-11(28-18-19-15(20-23-18)12-5-3-2-4-6-12)16-21-22-17(27-16)13-7-9-14(10-8-13)24(25)26/h2-11H,1H3,(H,19,20,23)/t11-/m1/s1. The molecule has 0 aliphatic carbocycles. The van der Waals surface area contributed by atoms with Crippen molar-refractivity contribution in [3.05, 3.63) is 70.6 Å². The van der Waals surface area contributed by atoms with Gasteiger partial charge in [0, 0.05) is 23.3 Å². The topological polar surface area (TPSA) is 124 Å². The molecule has 4 rings (SSSR count). The van der Waals surface area contributed by atoms with Crippen LogP contribution in [0.2, 0.25) is 0 Å². The van der Waals surface area contributed by atoms with Crippen LogP contribution in [-0.4, -0.2) is 30.3 Å². The molecule has 0 bridgehead atoms. The van der Waals surface area contributed by atoms with Crippen molar-refractivity contribution in [3.8, 4) is 22.8 Å². The molecule has 0 radical (unpaired) electrons. The van der Waals surface area contributed by atoms with E-state index in [1.54, 1.807) is 12.1 Å². The van der Waals surface area contributed by atoms with Gasteiger partial charge in [0.05, 0.1) is 10.2 Å². The predicted molar refractivity (Wildman–Crippen MR) is 102 cm³/mol. The van der Waals surface area contributed by atoms with E-state index in [4.69, 9.17) is 4.42 Å². The number of nitrogens with zero attached hydrogens (tertiary/aromatic N) is 5. The van der Waals surface area contributed by atoms with E-state index >= 15 is 0 Å². The lowest BCUT2D eigenvalue weighted by molar-refractivity contribution is -0.384. The lowest BCUT2D eigenvalue weighted by atomic mass is 10.2. The summed E-state index contributed by atoms with van der Waals surface area (Å²) in [7, 11) is 0. The fourth-order valence-corrected chi connectivity index (χ4v) is 3.23. The van der Waals surface area contributed by atoms with Crippen LogP contribution in [0.15, 0.2) is 64.2 Å². The van der Waals surface area contributed by atoms with E-state index in [0.29, 0.717) is 28.3 Å². The molecule has 28 heavy (non-hydrogen) atoms. The predicted octanol–water partition coefficient (Wildman–Crippen LogP) is 4.28. The van der Waals surface area contributed by atoms with Gasteiger partial charge in [-0.3, -0.25) is 15.2 Å². The van der Waals surface area contributed by atoms with Gasteiger partial charge in [-0.1, -0.05) is 42.1 Å². The molecule has 1 N–H and O–H groups in total. The maximum absolute atomic E-state index is 10.7. The molecule has 0 saturated heterocycles. The first-order valence-corrected chi connectivity index (χ1v) is 9.21. The number of non-ortho nitro benzene ring substituents is 1. The van der Waals surface area contributed by atoms with Crippen molar-refractivity contribution in [2.45, 2.75) is 17.3 Å². The number of nitro groups is 1. The third-order valence-electron chi connectivity index (χ3n) is 3.91. The number of benzene rings is 2. The molecule has 2 heterocycles. The first-order valence-electron chi connectivity index (χ1n) is 8.33. The zero-order valence-electron chi connectivity index (χ0n) is 14.6. The van der Waals surface area contributed by atoms with Crippen molar-refractivity contribution >= 4 is 17.4 Å². The summed E-state index contributed by atoms with van der Waals surface area (Å²) in [6, 6.07) is 15.7. The van der Waals surface area contributed by atoms with Crippen molar-refractivity contribution in [2.75, 3.05) is 0 Å². The van der Waals surface area contributed by atoms with Crippen LogP contribution in [0, 0.1) is 10.1 Å². The molecule has 2 aromatic heterocycles. The van der Waals surface area contributed by atoms with Crippen LogP contribution >= 0.6 is 11.8 Å². The van der Waals surface area contributed by atoms with Crippen molar-refractivity contribution in [1.82, 2.24) is 25.4 Å². The monoisotopic (exact) mass is 394 g/mol. The van der Waals surface area contributed by atoms with E-state index in [1.807, 2.05) is 37.3 Å². The number of hydrogen-bond donors (Lipinski definition) is 1. The van der Waals surface area contributed by atoms with Crippen LogP contribution in [-0.2, 0) is 0 Å². The Labute approximate surface area is 163 Å². The summed E-state index contributed by atoms with van der Waals surface area (Å²) in [5, 5.41) is 26.4. The molecule has 0 aliphatic heterocycles. The van der Waals surface area contributed by atoms with Crippen LogP contribution < -0.4 is 0 Å². The fourth-order valence-electron chi connectivity index (χ4n) is 2.47. The minimum atomic E-state index is -0.456. The number of nitro benzene ring substituents is 1. The average Bonchev–Trinajstić information content (AvgIpc) is 3.39. The number of aromatic amines is 1. The molecule has 0 spiro atoms. The zero-order valence-corrected chi connectivity index (χ0v) is 15.5. The normalized spacial score (nSPS) is 12.0. The van der Waals surface area contributed by atoms with Gasteiger partial charge in [0.1, 0.15) is 0 Å². The second-order valence-electron chi connectivity index (χ2n) is 5.84. The van der Waals surface area contributed by atoms with Crippen LogP contribution in [0.5, 0.6) is 0 Å². The summed E-state index contributed by atoms with van der Waals surface area (Å²) < 4.78 is 5.72. The van der Waals surface area contributed by atoms with E-state index in [0.717, 1.165) is 5.56 Å². The Morgan fingerprint density at radius 1 is 1.07 bits per heavy atom. The highest BCUT2D eigenvalue weighted by molar-refractivity contribution is 7.99. The maximum atomic E-state index is 10.7. The Morgan fingerprint density at radius 3 is 2.54 bits per heavy atom. The van der Waals surface area contributed by atoms with E-state index in [2.05, 4.69) is 25.4 Å². The summed E-state index contributed by atoms with van der Waals surface area (Å²) in [5.41, 5.74) is 1.57. The van der Waals surface area contributed by atoms with Gasteiger partial charge in [0.15, 0.2) is 5.82 Å². The number of H-pyrrole nitrogens is 1. The van der Waals surface area contributed by atoms with Crippen LogP contribution in [0.1, 0.15) is 18.1 Å². The maximum Gasteiger partial charge on any atom is 0.269 e. The summed E-state index contributed by atoms with van der Waals surface area (Å²) >= 11 is 1.39. The smallest absolute Gasteiger partial charge is 0.269 e. The second-order valence-corrected chi connectivity index (χ2v) is 7.15. The number of hydrogen-bond acceptors (Lipinski definition) is 8. The Hall–Kier alpha value is -3.53. The summed E-state index contributed by atoms with van der Waals surface area (Å²) in [4.78, 5) is 14.8. The number of aromatic nitrogens is 5.